The van der Waals surface area contributed by atoms with E-state index in [1.54, 1.807) is 0 Å². The molecule has 0 unspecified atom stereocenters. The Morgan fingerprint density at radius 2 is 2.08 bits per heavy atom. The third-order valence-electron chi connectivity index (χ3n) is 3.41. The van der Waals surface area contributed by atoms with Gasteiger partial charge in [-0.3, -0.25) is 18.5 Å². The summed E-state index contributed by atoms with van der Waals surface area (Å²) in [7, 11) is -4.88. The second kappa shape index (κ2) is 6.90. The lowest BCUT2D eigenvalue weighted by Crippen LogP contribution is -2.34. The summed E-state index contributed by atoms with van der Waals surface area (Å²) in [6.45, 7) is 0.595. The van der Waals surface area contributed by atoms with Crippen molar-refractivity contribution >= 4 is 10.1 Å². The lowest BCUT2D eigenvalue weighted by molar-refractivity contribution is -0.108. The lowest BCUT2D eigenvalue weighted by atomic mass is 10.2. The molecule has 9 nitrogen and oxygen atoms in total. The van der Waals surface area contributed by atoms with Crippen molar-refractivity contribution in [3.05, 3.63) is 32.6 Å². The van der Waals surface area contributed by atoms with Crippen LogP contribution in [0.2, 0.25) is 0 Å². The number of H-pyrrole nitrogens is 1. The van der Waals surface area contributed by atoms with E-state index in [-0.39, 0.29) is 12.0 Å². The Morgan fingerprint density at radius 3 is 2.68 bits per heavy atom. The van der Waals surface area contributed by atoms with Crippen LogP contribution >= 0.6 is 0 Å². The number of aryl methyl sites for hydroxylation is 1. The highest BCUT2D eigenvalue weighted by Crippen LogP contribution is 2.28. The number of aliphatic hydroxyl groups excluding tert-OH is 1. The average Bonchev–Trinajstić information content (AvgIpc) is 2.79. The van der Waals surface area contributed by atoms with E-state index in [9.17, 15) is 36.3 Å². The predicted octanol–water partition coefficient (Wildman–Crippen LogP) is -0.598. The van der Waals surface area contributed by atoms with Gasteiger partial charge in [-0.25, -0.2) is 4.79 Å². The van der Waals surface area contributed by atoms with Gasteiger partial charge in [0.25, 0.3) is 15.7 Å². The maximum atomic E-state index is 12.1. The highest BCUT2D eigenvalue weighted by atomic mass is 32.2. The van der Waals surface area contributed by atoms with Crippen molar-refractivity contribution in [2.45, 2.75) is 38.0 Å². The van der Waals surface area contributed by atoms with Gasteiger partial charge in [-0.2, -0.15) is 21.6 Å². The molecular weight excluding hydrogens is 373 g/mol. The first-order valence-corrected chi connectivity index (χ1v) is 8.55. The van der Waals surface area contributed by atoms with E-state index in [1.165, 1.54) is 13.1 Å². The Labute approximate surface area is 139 Å². The number of hydrogen-bond acceptors (Lipinski definition) is 7. The van der Waals surface area contributed by atoms with Gasteiger partial charge in [0.15, 0.2) is 5.75 Å². The van der Waals surface area contributed by atoms with Crippen LogP contribution in [0.25, 0.3) is 0 Å². The van der Waals surface area contributed by atoms with Gasteiger partial charge in [-0.05, 0) is 6.92 Å². The number of aliphatic hydroxyl groups is 1. The topological polar surface area (TPSA) is 128 Å². The number of aromatic nitrogens is 2. The summed E-state index contributed by atoms with van der Waals surface area (Å²) in [6, 6.07) is 0. The molecule has 1 aromatic rings. The molecule has 0 aromatic carbocycles. The number of halogens is 3. The van der Waals surface area contributed by atoms with Crippen molar-refractivity contribution < 1.29 is 35.6 Å². The highest BCUT2D eigenvalue weighted by molar-refractivity contribution is 7.86. The van der Waals surface area contributed by atoms with Crippen LogP contribution in [-0.2, 0) is 19.0 Å². The molecule has 0 saturated carbocycles. The molecule has 0 amide bonds. The molecule has 3 atom stereocenters. The molecule has 142 valence electrons. The second-order valence-electron chi connectivity index (χ2n) is 5.51. The number of hydrogen-bond donors (Lipinski definition) is 2. The zero-order valence-electron chi connectivity index (χ0n) is 12.8. The summed E-state index contributed by atoms with van der Waals surface area (Å²) in [5.41, 5.74) is -1.21. The second-order valence-corrected chi connectivity index (χ2v) is 7.15. The van der Waals surface area contributed by atoms with E-state index in [4.69, 9.17) is 4.74 Å². The maximum Gasteiger partial charge on any atom is 0.405 e. The summed E-state index contributed by atoms with van der Waals surface area (Å²) in [5, 5.41) is 9.86. The number of aromatic amines is 1. The molecule has 2 heterocycles. The lowest BCUT2D eigenvalue weighted by Gasteiger charge is -2.16. The highest BCUT2D eigenvalue weighted by Gasteiger charge is 2.39. The fourth-order valence-corrected chi connectivity index (χ4v) is 3.07. The summed E-state index contributed by atoms with van der Waals surface area (Å²) in [5.74, 6) is -2.16. The maximum absolute atomic E-state index is 12.1. The van der Waals surface area contributed by atoms with Gasteiger partial charge in [0.05, 0.1) is 12.7 Å². The molecule has 1 aromatic heterocycles. The summed E-state index contributed by atoms with van der Waals surface area (Å²) in [6.07, 6.45) is -7.47. The molecule has 0 bridgehead atoms. The first kappa shape index (κ1) is 19.6. The quantitative estimate of drug-likeness (QED) is 0.645. The van der Waals surface area contributed by atoms with Crippen molar-refractivity contribution in [2.24, 2.45) is 0 Å². The molecule has 2 rings (SSSR count). The van der Waals surface area contributed by atoms with E-state index in [1.807, 2.05) is 4.98 Å². The van der Waals surface area contributed by atoms with Crippen LogP contribution in [0.15, 0.2) is 15.8 Å². The number of alkyl halides is 3. The molecule has 0 radical (unpaired) electrons. The summed E-state index contributed by atoms with van der Waals surface area (Å²) in [4.78, 5) is 25.1. The van der Waals surface area contributed by atoms with Gasteiger partial charge in [-0.15, -0.1) is 0 Å². The van der Waals surface area contributed by atoms with Crippen molar-refractivity contribution in [2.75, 3.05) is 12.4 Å². The summed E-state index contributed by atoms with van der Waals surface area (Å²) < 4.78 is 69.3. The monoisotopic (exact) mass is 388 g/mol. The Balaban J connectivity index is 2.06. The Kier molecular flexibility index (Phi) is 5.41. The minimum atomic E-state index is -4.96. The molecule has 2 N–H and O–H groups in total. The molecule has 1 aliphatic rings. The van der Waals surface area contributed by atoms with E-state index < -0.39 is 58.3 Å². The normalized spacial score (nSPS) is 24.6. The van der Waals surface area contributed by atoms with Crippen LogP contribution in [0, 0.1) is 6.92 Å². The third-order valence-corrected chi connectivity index (χ3v) is 4.59. The fourth-order valence-electron chi connectivity index (χ4n) is 2.25. The van der Waals surface area contributed by atoms with Crippen LogP contribution in [0.1, 0.15) is 18.2 Å². The minimum absolute atomic E-state index is 0.140. The first-order chi connectivity index (χ1) is 11.4. The number of rotatable bonds is 5. The van der Waals surface area contributed by atoms with Crippen LogP contribution in [-0.4, -0.2) is 53.8 Å². The molecule has 1 saturated heterocycles. The Bertz CT molecular complexity index is 845. The molecule has 13 heteroatoms. The fraction of sp³-hybridized carbons (Fsp3) is 0.667. The van der Waals surface area contributed by atoms with E-state index in [0.29, 0.717) is 0 Å². The number of nitrogens with one attached hydrogen (secondary N) is 1. The molecule has 0 aliphatic carbocycles. The van der Waals surface area contributed by atoms with Crippen LogP contribution in [0.3, 0.4) is 0 Å². The largest absolute Gasteiger partial charge is 0.405 e. The van der Waals surface area contributed by atoms with Crippen molar-refractivity contribution in [1.29, 1.82) is 0 Å². The number of nitrogens with zero attached hydrogens (tertiary/aromatic N) is 1. The smallest absolute Gasteiger partial charge is 0.390 e. The van der Waals surface area contributed by atoms with Crippen LogP contribution < -0.4 is 11.2 Å². The molecule has 25 heavy (non-hydrogen) atoms. The van der Waals surface area contributed by atoms with E-state index >= 15 is 0 Å². The molecular formula is C12H15F3N2O7S. The number of ether oxygens (including phenoxy) is 1. The molecule has 0 spiro atoms. The van der Waals surface area contributed by atoms with Gasteiger partial charge in [-0.1, -0.05) is 0 Å². The SMILES string of the molecule is Cc1cn([C@H]2C[C@H](O)[C@@H](COS(=O)(=O)CC(F)(F)F)O2)c(=O)[nH]c1=O. The minimum Gasteiger partial charge on any atom is -0.390 e. The predicted molar refractivity (Wildman–Crippen MR) is 76.4 cm³/mol. The van der Waals surface area contributed by atoms with E-state index in [2.05, 4.69) is 4.18 Å². The van der Waals surface area contributed by atoms with Gasteiger partial charge in [0.1, 0.15) is 12.3 Å². The standard InChI is InChI=1S/C12H15F3N2O7S/c1-6-3-17(11(20)16-10(6)19)9-2-7(18)8(24-9)4-23-25(21,22)5-12(13,14)15/h3,7-9,18H,2,4-5H2,1H3,(H,16,19,20)/t7-,8+,9+/m0/s1. The summed E-state index contributed by atoms with van der Waals surface area (Å²) >= 11 is 0. The van der Waals surface area contributed by atoms with Crippen molar-refractivity contribution in [3.63, 3.8) is 0 Å². The molecule has 1 fully saturated rings. The van der Waals surface area contributed by atoms with Crippen LogP contribution in [0.5, 0.6) is 0 Å². The Hall–Kier alpha value is -1.70. The third kappa shape index (κ3) is 5.14. The Morgan fingerprint density at radius 1 is 1.44 bits per heavy atom. The molecule has 1 aliphatic heterocycles. The van der Waals surface area contributed by atoms with Crippen molar-refractivity contribution in [3.8, 4) is 0 Å². The zero-order chi connectivity index (χ0) is 19.0. The zero-order valence-corrected chi connectivity index (χ0v) is 13.6. The van der Waals surface area contributed by atoms with Gasteiger partial charge in [0, 0.05) is 18.2 Å². The van der Waals surface area contributed by atoms with Crippen molar-refractivity contribution in [1.82, 2.24) is 9.55 Å². The average molecular weight is 388 g/mol. The van der Waals surface area contributed by atoms with Crippen LogP contribution in [0.4, 0.5) is 13.2 Å². The first-order valence-electron chi connectivity index (χ1n) is 6.97. The van der Waals surface area contributed by atoms with E-state index in [0.717, 1.165) is 4.57 Å². The van der Waals surface area contributed by atoms with Gasteiger partial charge < -0.3 is 9.84 Å². The van der Waals surface area contributed by atoms with Gasteiger partial charge in [0.2, 0.25) is 0 Å². The van der Waals surface area contributed by atoms with Gasteiger partial charge >= 0.3 is 11.9 Å².